The van der Waals surface area contributed by atoms with Gasteiger partial charge in [0.1, 0.15) is 5.82 Å². The lowest BCUT2D eigenvalue weighted by molar-refractivity contribution is 0.0951. The van der Waals surface area contributed by atoms with Gasteiger partial charge in [-0.15, -0.1) is 0 Å². The summed E-state index contributed by atoms with van der Waals surface area (Å²) in [6, 6.07) is 20.4. The number of amides is 1. The third-order valence-electron chi connectivity index (χ3n) is 5.58. The average Bonchev–Trinajstić information content (AvgIpc) is 2.83. The van der Waals surface area contributed by atoms with Crippen LogP contribution in [0, 0.1) is 5.82 Å². The van der Waals surface area contributed by atoms with Gasteiger partial charge in [0.15, 0.2) is 0 Å². The topological polar surface area (TPSA) is 69.7 Å². The summed E-state index contributed by atoms with van der Waals surface area (Å²) in [7, 11) is -3.71. The van der Waals surface area contributed by atoms with Crippen molar-refractivity contribution in [3.63, 3.8) is 0 Å². The third-order valence-corrected chi connectivity index (χ3v) is 6.71. The molecule has 0 saturated heterocycles. The number of sulfonamides is 1. The van der Waals surface area contributed by atoms with Crippen molar-refractivity contribution in [2.24, 2.45) is 0 Å². The van der Waals surface area contributed by atoms with Gasteiger partial charge in [0.05, 0.1) is 18.5 Å². The maximum atomic E-state index is 14.2. The summed E-state index contributed by atoms with van der Waals surface area (Å²) < 4.78 is 39.8. The second-order valence-electron chi connectivity index (χ2n) is 7.94. The van der Waals surface area contributed by atoms with Crippen LogP contribution in [0.1, 0.15) is 35.3 Å². The zero-order valence-corrected chi connectivity index (χ0v) is 20.5. The molecule has 0 aliphatic rings. The van der Waals surface area contributed by atoms with Gasteiger partial charge >= 0.3 is 0 Å². The van der Waals surface area contributed by atoms with Crippen LogP contribution in [0.25, 0.3) is 0 Å². The fourth-order valence-corrected chi connectivity index (χ4v) is 4.55. The Bertz CT molecular complexity index is 1210. The Morgan fingerprint density at radius 3 is 2.03 bits per heavy atom. The van der Waals surface area contributed by atoms with Crippen molar-refractivity contribution in [1.82, 2.24) is 5.32 Å². The molecule has 0 aliphatic carbocycles. The Balaban J connectivity index is 1.64. The van der Waals surface area contributed by atoms with Crippen molar-refractivity contribution in [2.75, 3.05) is 28.6 Å². The van der Waals surface area contributed by atoms with Crippen molar-refractivity contribution < 1.29 is 17.6 Å². The van der Waals surface area contributed by atoms with Gasteiger partial charge in [-0.1, -0.05) is 36.4 Å². The average molecular weight is 484 g/mol. The van der Waals surface area contributed by atoms with Gasteiger partial charge in [0.2, 0.25) is 10.0 Å². The van der Waals surface area contributed by atoms with Crippen molar-refractivity contribution in [3.8, 4) is 0 Å². The number of nitrogens with zero attached hydrogens (tertiary/aromatic N) is 2. The summed E-state index contributed by atoms with van der Waals surface area (Å²) in [5, 5.41) is 2.90. The molecule has 0 fully saturated rings. The number of para-hydroxylation sites is 1. The molecule has 0 bridgehead atoms. The molecule has 3 rings (SSSR count). The van der Waals surface area contributed by atoms with E-state index in [4.69, 9.17) is 0 Å². The van der Waals surface area contributed by atoms with E-state index in [1.807, 2.05) is 24.3 Å². The van der Waals surface area contributed by atoms with E-state index in [0.717, 1.165) is 34.9 Å². The molecule has 0 atom stereocenters. The van der Waals surface area contributed by atoms with Crippen LogP contribution in [0.4, 0.5) is 15.8 Å². The van der Waals surface area contributed by atoms with Crippen molar-refractivity contribution in [3.05, 3.63) is 95.3 Å². The van der Waals surface area contributed by atoms with Crippen LogP contribution in [-0.4, -0.2) is 33.7 Å². The van der Waals surface area contributed by atoms with E-state index in [2.05, 4.69) is 24.1 Å². The van der Waals surface area contributed by atoms with E-state index in [-0.39, 0.29) is 18.1 Å². The maximum absolute atomic E-state index is 14.2. The molecule has 6 nitrogen and oxygen atoms in total. The number of hydrogen-bond acceptors (Lipinski definition) is 4. The lowest BCUT2D eigenvalue weighted by Crippen LogP contribution is -2.30. The smallest absolute Gasteiger partial charge is 0.251 e. The van der Waals surface area contributed by atoms with Gasteiger partial charge in [0, 0.05) is 30.9 Å². The quantitative estimate of drug-likeness (QED) is 0.459. The lowest BCUT2D eigenvalue weighted by atomic mass is 10.1. The normalized spacial score (nSPS) is 11.2. The highest BCUT2D eigenvalue weighted by Gasteiger charge is 2.21. The molecule has 3 aromatic carbocycles. The predicted octanol–water partition coefficient (Wildman–Crippen LogP) is 4.57. The molecule has 1 N–H and O–H groups in total. The summed E-state index contributed by atoms with van der Waals surface area (Å²) in [4.78, 5) is 14.8. The first kappa shape index (κ1) is 25.2. The molecule has 180 valence electrons. The molecular weight excluding hydrogens is 453 g/mol. The second kappa shape index (κ2) is 11.2. The highest BCUT2D eigenvalue weighted by Crippen LogP contribution is 2.24. The van der Waals surface area contributed by atoms with Gasteiger partial charge in [0.25, 0.3) is 5.91 Å². The first-order chi connectivity index (χ1) is 16.2. The number of carbonyl (C=O) groups excluding carboxylic acids is 1. The van der Waals surface area contributed by atoms with E-state index < -0.39 is 15.8 Å². The van der Waals surface area contributed by atoms with Crippen LogP contribution in [-0.2, 0) is 23.1 Å². The molecule has 3 aromatic rings. The fourth-order valence-electron chi connectivity index (χ4n) is 3.66. The van der Waals surface area contributed by atoms with Crippen LogP contribution in [0.15, 0.2) is 72.8 Å². The number of benzene rings is 3. The van der Waals surface area contributed by atoms with E-state index in [1.165, 1.54) is 18.2 Å². The number of rotatable bonds is 10. The Labute approximate surface area is 201 Å². The van der Waals surface area contributed by atoms with Crippen molar-refractivity contribution in [2.45, 2.75) is 26.9 Å². The highest BCUT2D eigenvalue weighted by molar-refractivity contribution is 7.92. The van der Waals surface area contributed by atoms with Crippen LogP contribution >= 0.6 is 0 Å². The summed E-state index contributed by atoms with van der Waals surface area (Å²) in [5.41, 5.74) is 3.22. The number of hydrogen-bond donors (Lipinski definition) is 1. The zero-order chi connectivity index (χ0) is 24.7. The van der Waals surface area contributed by atoms with E-state index in [1.54, 1.807) is 30.3 Å². The molecular formula is C26H30FN3O3S. The molecule has 1 amide bonds. The maximum Gasteiger partial charge on any atom is 0.251 e. The molecule has 0 radical (unpaired) electrons. The number of halogens is 1. The standard InChI is InChI=1S/C26H30FN3O3S/c1-4-29(5-2)23-16-12-20(13-17-23)18-28-26(31)22-14-10-21(11-15-22)19-30(34(3,32)33)25-9-7-6-8-24(25)27/h6-17H,4-5,18-19H2,1-3H3,(H,28,31). The molecule has 0 heterocycles. The fraction of sp³-hybridized carbons (Fsp3) is 0.269. The van der Waals surface area contributed by atoms with Crippen LogP contribution < -0.4 is 14.5 Å². The molecule has 0 aromatic heterocycles. The summed E-state index contributed by atoms with van der Waals surface area (Å²) >= 11 is 0. The SMILES string of the molecule is CCN(CC)c1ccc(CNC(=O)c2ccc(CN(c3ccccc3F)S(C)(=O)=O)cc2)cc1. The van der Waals surface area contributed by atoms with Crippen molar-refractivity contribution in [1.29, 1.82) is 0 Å². The lowest BCUT2D eigenvalue weighted by Gasteiger charge is -2.23. The minimum atomic E-state index is -3.71. The summed E-state index contributed by atoms with van der Waals surface area (Å²) in [6.07, 6.45) is 1.04. The number of nitrogens with one attached hydrogen (secondary N) is 1. The molecule has 0 aliphatic heterocycles. The van der Waals surface area contributed by atoms with Gasteiger partial charge < -0.3 is 10.2 Å². The summed E-state index contributed by atoms with van der Waals surface area (Å²) in [5.74, 6) is -0.845. The van der Waals surface area contributed by atoms with Gasteiger partial charge in [-0.25, -0.2) is 12.8 Å². The molecule has 0 unspecified atom stereocenters. The third kappa shape index (κ3) is 6.35. The van der Waals surface area contributed by atoms with E-state index in [0.29, 0.717) is 17.7 Å². The first-order valence-corrected chi connectivity index (χ1v) is 13.0. The number of carbonyl (C=O) groups is 1. The Morgan fingerprint density at radius 2 is 1.47 bits per heavy atom. The van der Waals surface area contributed by atoms with Crippen LogP contribution in [0.2, 0.25) is 0 Å². The minimum absolute atomic E-state index is 0.0150. The van der Waals surface area contributed by atoms with Crippen molar-refractivity contribution >= 4 is 27.3 Å². The van der Waals surface area contributed by atoms with Crippen LogP contribution in [0.5, 0.6) is 0 Å². The molecule has 34 heavy (non-hydrogen) atoms. The highest BCUT2D eigenvalue weighted by atomic mass is 32.2. The molecule has 0 spiro atoms. The first-order valence-electron chi connectivity index (χ1n) is 11.2. The zero-order valence-electron chi connectivity index (χ0n) is 19.7. The largest absolute Gasteiger partial charge is 0.372 e. The summed E-state index contributed by atoms with van der Waals surface area (Å²) in [6.45, 7) is 6.45. The number of anilines is 2. The Morgan fingerprint density at radius 1 is 0.882 bits per heavy atom. The molecule has 8 heteroatoms. The predicted molar refractivity (Wildman–Crippen MR) is 135 cm³/mol. The molecule has 0 saturated carbocycles. The van der Waals surface area contributed by atoms with Gasteiger partial charge in [-0.2, -0.15) is 0 Å². The Hall–Kier alpha value is -3.39. The van der Waals surface area contributed by atoms with Gasteiger partial charge in [-0.3, -0.25) is 9.10 Å². The Kier molecular flexibility index (Phi) is 8.28. The minimum Gasteiger partial charge on any atom is -0.372 e. The second-order valence-corrected chi connectivity index (χ2v) is 9.85. The van der Waals surface area contributed by atoms with E-state index in [9.17, 15) is 17.6 Å². The monoisotopic (exact) mass is 483 g/mol. The van der Waals surface area contributed by atoms with E-state index >= 15 is 0 Å². The van der Waals surface area contributed by atoms with Crippen LogP contribution in [0.3, 0.4) is 0 Å². The van der Waals surface area contributed by atoms with Gasteiger partial charge in [-0.05, 0) is 61.4 Å².